The van der Waals surface area contributed by atoms with Gasteiger partial charge in [0, 0.05) is 41.9 Å². The molecule has 9 nitrogen and oxygen atoms in total. The van der Waals surface area contributed by atoms with Crippen LogP contribution in [0.3, 0.4) is 0 Å². The molecule has 0 aliphatic heterocycles. The Morgan fingerprint density at radius 1 is 0.976 bits per heavy atom. The second-order valence-corrected chi connectivity index (χ2v) is 12.5. The zero-order valence-corrected chi connectivity index (χ0v) is 23.7. The van der Waals surface area contributed by atoms with E-state index in [1.54, 1.807) is 36.7 Å². The average Bonchev–Trinajstić information content (AvgIpc) is 3.61. The van der Waals surface area contributed by atoms with Crippen molar-refractivity contribution < 1.29 is 20.1 Å². The van der Waals surface area contributed by atoms with Gasteiger partial charge in [-0.3, -0.25) is 0 Å². The number of hydrogen-bond acceptors (Lipinski definition) is 9. The van der Waals surface area contributed by atoms with Gasteiger partial charge < -0.3 is 26.4 Å². The third kappa shape index (κ3) is 5.20. The Morgan fingerprint density at radius 3 is 2.37 bits per heavy atom. The van der Waals surface area contributed by atoms with Crippen molar-refractivity contribution in [3.8, 4) is 42.2 Å². The highest BCUT2D eigenvalue weighted by molar-refractivity contribution is 7.25. The number of nitrogens with zero attached hydrogens (tertiary/aromatic N) is 3. The number of thiazole rings is 2. The molecule has 1 aliphatic rings. The zero-order chi connectivity index (χ0) is 28.8. The molecule has 0 bridgehead atoms. The molecule has 6 N–H and O–H groups in total. The van der Waals surface area contributed by atoms with E-state index in [4.69, 9.17) is 10.7 Å². The third-order valence-corrected chi connectivity index (χ3v) is 9.54. The predicted octanol–water partition coefficient (Wildman–Crippen LogP) is 5.74. The lowest BCUT2D eigenvalue weighted by Gasteiger charge is -2.51. The zero-order valence-electron chi connectivity index (χ0n) is 22.0. The van der Waals surface area contributed by atoms with Crippen molar-refractivity contribution in [2.75, 3.05) is 5.73 Å². The third-order valence-electron chi connectivity index (χ3n) is 7.22. The molecule has 3 aromatic heterocycles. The van der Waals surface area contributed by atoms with Gasteiger partial charge in [-0.25, -0.2) is 19.7 Å². The summed E-state index contributed by atoms with van der Waals surface area (Å²) in [6, 6.07) is 19.6. The van der Waals surface area contributed by atoms with Crippen molar-refractivity contribution in [2.24, 2.45) is 0 Å². The number of amides is 1. The molecule has 41 heavy (non-hydrogen) atoms. The van der Waals surface area contributed by atoms with Crippen molar-refractivity contribution in [1.82, 2.24) is 20.3 Å². The van der Waals surface area contributed by atoms with Gasteiger partial charge in [0.05, 0.1) is 33.2 Å². The topological polar surface area (TPSA) is 154 Å². The van der Waals surface area contributed by atoms with Crippen molar-refractivity contribution >= 4 is 34.6 Å². The quantitative estimate of drug-likeness (QED) is 0.162. The maximum atomic E-state index is 11.5. The molecule has 0 unspecified atom stereocenters. The fraction of sp³-hybridized carbons (Fsp3) is 0.200. The van der Waals surface area contributed by atoms with Crippen LogP contribution in [0.25, 0.3) is 42.2 Å². The van der Waals surface area contributed by atoms with Gasteiger partial charge in [0.15, 0.2) is 0 Å². The Bertz CT molecular complexity index is 1720. The normalized spacial score (nSPS) is 20.0. The number of anilines is 1. The van der Waals surface area contributed by atoms with Gasteiger partial charge in [-0.15, -0.1) is 22.7 Å². The van der Waals surface area contributed by atoms with Gasteiger partial charge in [-0.2, -0.15) is 0 Å². The first-order valence-corrected chi connectivity index (χ1v) is 14.5. The molecule has 11 heteroatoms. The molecule has 0 saturated heterocycles. The number of pyridine rings is 1. The highest BCUT2D eigenvalue weighted by atomic mass is 32.1. The minimum atomic E-state index is -1.12. The number of aliphatic hydroxyl groups excluding tert-OH is 1. The van der Waals surface area contributed by atoms with E-state index in [2.05, 4.69) is 15.3 Å². The van der Waals surface area contributed by atoms with E-state index >= 15 is 0 Å². The fourth-order valence-corrected chi connectivity index (χ4v) is 7.47. The molecule has 1 aliphatic carbocycles. The first-order valence-electron chi connectivity index (χ1n) is 12.9. The largest absolute Gasteiger partial charge is 0.465 e. The van der Waals surface area contributed by atoms with Gasteiger partial charge in [-0.1, -0.05) is 54.6 Å². The standard InChI is InChI=1S/C30H27N5O4S2/c1-29(39)15-30(16-29,35-28(37)38)21-9-7-17(8-10-21)23-24(18-5-3-2-4-6-18)41-27(34-23)22-13-33-26(40-22)19-11-20(14-36)25(31)32-12-19/h2-13,35-36,39H,14-16H2,1H3,(H2,31,32)(H,37,38)/t29-,30+. The Labute approximate surface area is 244 Å². The number of benzene rings is 2. The van der Waals surface area contributed by atoms with Crippen LogP contribution in [-0.4, -0.2) is 42.0 Å². The Hall–Kier alpha value is -4.16. The summed E-state index contributed by atoms with van der Waals surface area (Å²) in [6.07, 6.45) is 2.93. The number of carboxylic acid groups (broad SMARTS) is 1. The summed E-state index contributed by atoms with van der Waals surface area (Å²) in [5, 5.41) is 33.6. The molecule has 0 spiro atoms. The second kappa shape index (κ2) is 10.3. The molecular formula is C30H27N5O4S2. The van der Waals surface area contributed by atoms with Crippen LogP contribution in [0.5, 0.6) is 0 Å². The molecule has 5 aromatic rings. The SMILES string of the molecule is C[C@]1(O)C[C@](NC(=O)O)(c2ccc(-c3nc(-c4cnc(-c5cnc(N)c(CO)c5)s4)sc3-c3ccccc3)cc2)C1. The molecule has 0 atom stereocenters. The number of rotatable bonds is 7. The summed E-state index contributed by atoms with van der Waals surface area (Å²) in [7, 11) is 0. The number of carbonyl (C=O) groups is 1. The maximum absolute atomic E-state index is 11.5. The average molecular weight is 586 g/mol. The molecule has 1 saturated carbocycles. The number of aliphatic hydroxyl groups is 2. The van der Waals surface area contributed by atoms with Gasteiger partial charge in [0.1, 0.15) is 15.8 Å². The summed E-state index contributed by atoms with van der Waals surface area (Å²) in [5.74, 6) is 0.295. The van der Waals surface area contributed by atoms with Gasteiger partial charge in [0.25, 0.3) is 0 Å². The van der Waals surface area contributed by atoms with Crippen LogP contribution in [-0.2, 0) is 12.1 Å². The monoisotopic (exact) mass is 585 g/mol. The number of nitrogens with two attached hydrogens (primary N) is 1. The van der Waals surface area contributed by atoms with E-state index in [1.165, 1.54) is 11.3 Å². The number of nitrogens with one attached hydrogen (secondary N) is 1. The van der Waals surface area contributed by atoms with E-state index in [-0.39, 0.29) is 6.61 Å². The molecule has 6 rings (SSSR count). The number of hydrogen-bond donors (Lipinski definition) is 5. The summed E-state index contributed by atoms with van der Waals surface area (Å²) in [4.78, 5) is 27.3. The fourth-order valence-electron chi connectivity index (χ4n) is 5.44. The number of aromatic nitrogens is 3. The first kappa shape index (κ1) is 27.0. The van der Waals surface area contributed by atoms with Crippen LogP contribution in [0.4, 0.5) is 10.6 Å². The van der Waals surface area contributed by atoms with Crippen LogP contribution < -0.4 is 11.1 Å². The molecule has 1 amide bonds. The minimum Gasteiger partial charge on any atom is -0.465 e. The summed E-state index contributed by atoms with van der Waals surface area (Å²) in [5.41, 5.74) is 8.98. The Morgan fingerprint density at radius 2 is 1.71 bits per heavy atom. The van der Waals surface area contributed by atoms with Crippen molar-refractivity contribution in [2.45, 2.75) is 37.5 Å². The van der Waals surface area contributed by atoms with Crippen molar-refractivity contribution in [1.29, 1.82) is 0 Å². The molecular weight excluding hydrogens is 558 g/mol. The Kier molecular flexibility index (Phi) is 6.82. The molecule has 2 aromatic carbocycles. The van der Waals surface area contributed by atoms with Crippen molar-refractivity contribution in [3.05, 3.63) is 84.2 Å². The predicted molar refractivity (Wildman–Crippen MR) is 160 cm³/mol. The molecule has 0 radical (unpaired) electrons. The van der Waals surface area contributed by atoms with Crippen LogP contribution in [0.1, 0.15) is 30.9 Å². The van der Waals surface area contributed by atoms with Gasteiger partial charge in [-0.05, 0) is 24.1 Å². The van der Waals surface area contributed by atoms with E-state index in [0.29, 0.717) is 24.2 Å². The highest BCUT2D eigenvalue weighted by Gasteiger charge is 2.53. The summed E-state index contributed by atoms with van der Waals surface area (Å²) >= 11 is 3.06. The minimum absolute atomic E-state index is 0.202. The highest BCUT2D eigenvalue weighted by Crippen LogP contribution is 2.49. The van der Waals surface area contributed by atoms with Crippen LogP contribution in [0, 0.1) is 0 Å². The van der Waals surface area contributed by atoms with Gasteiger partial charge in [0.2, 0.25) is 0 Å². The van der Waals surface area contributed by atoms with Crippen molar-refractivity contribution in [3.63, 3.8) is 0 Å². The van der Waals surface area contributed by atoms with E-state index in [9.17, 15) is 20.1 Å². The maximum Gasteiger partial charge on any atom is 0.405 e. The van der Waals surface area contributed by atoms with Gasteiger partial charge >= 0.3 is 6.09 Å². The van der Waals surface area contributed by atoms with Crippen LogP contribution in [0.15, 0.2) is 73.1 Å². The summed E-state index contributed by atoms with van der Waals surface area (Å²) < 4.78 is 0. The van der Waals surface area contributed by atoms with E-state index in [0.717, 1.165) is 47.7 Å². The summed E-state index contributed by atoms with van der Waals surface area (Å²) in [6.45, 7) is 1.51. The van der Waals surface area contributed by atoms with Crippen LogP contribution in [0.2, 0.25) is 0 Å². The lowest BCUT2D eigenvalue weighted by atomic mass is 9.62. The molecule has 208 valence electrons. The van der Waals surface area contributed by atoms with Crippen LogP contribution >= 0.6 is 22.7 Å². The smallest absolute Gasteiger partial charge is 0.405 e. The van der Waals surface area contributed by atoms with E-state index in [1.807, 2.05) is 54.6 Å². The lowest BCUT2D eigenvalue weighted by Crippen LogP contribution is -2.61. The molecule has 1 fully saturated rings. The second-order valence-electron chi connectivity index (χ2n) is 10.5. The lowest BCUT2D eigenvalue weighted by molar-refractivity contribution is -0.0858. The Balaban J connectivity index is 1.37. The molecule has 3 heterocycles. The first-order chi connectivity index (χ1) is 19.7. The van der Waals surface area contributed by atoms with E-state index < -0.39 is 17.2 Å². The number of nitrogen functional groups attached to an aromatic ring is 1.